The summed E-state index contributed by atoms with van der Waals surface area (Å²) < 4.78 is 0. The van der Waals surface area contributed by atoms with Crippen molar-refractivity contribution < 1.29 is 34.2 Å². The lowest BCUT2D eigenvalue weighted by Gasteiger charge is -2.24. The number of amides is 4. The van der Waals surface area contributed by atoms with E-state index in [0.29, 0.717) is 12.0 Å². The van der Waals surface area contributed by atoms with E-state index in [1.54, 1.807) is 18.3 Å². The molecule has 1 aromatic heterocycles. The highest BCUT2D eigenvalue weighted by Gasteiger charge is 2.31. The van der Waals surface area contributed by atoms with Gasteiger partial charge in [-0.3, -0.25) is 19.2 Å². The molecule has 0 aliphatic carbocycles. The number of H-pyrrole nitrogens is 1. The smallest absolute Gasteiger partial charge is 0.328 e. The molecule has 2 aromatic rings. The number of benzene rings is 1. The van der Waals surface area contributed by atoms with E-state index in [1.807, 2.05) is 26.0 Å². The van der Waals surface area contributed by atoms with Crippen LogP contribution in [0, 0.1) is 5.92 Å². The van der Waals surface area contributed by atoms with Crippen molar-refractivity contribution in [1.29, 1.82) is 0 Å². The normalized spacial score (nSPS) is 14.4. The molecule has 1 aromatic carbocycles. The molecular formula is C24H34N6O7. The number of fused-ring (bicyclic) bond motifs is 1. The summed E-state index contributed by atoms with van der Waals surface area (Å²) in [6.45, 7) is 2.86. The van der Waals surface area contributed by atoms with Crippen molar-refractivity contribution in [3.8, 4) is 0 Å². The van der Waals surface area contributed by atoms with Gasteiger partial charge in [0.2, 0.25) is 23.6 Å². The summed E-state index contributed by atoms with van der Waals surface area (Å²) in [7, 11) is 0. The lowest BCUT2D eigenvalue weighted by molar-refractivity contribution is -0.143. The molecule has 10 N–H and O–H groups in total. The molecular weight excluding hydrogens is 484 g/mol. The molecule has 13 nitrogen and oxygen atoms in total. The molecule has 0 saturated heterocycles. The summed E-state index contributed by atoms with van der Waals surface area (Å²) in [4.78, 5) is 64.6. The minimum absolute atomic E-state index is 0.0660. The predicted molar refractivity (Wildman–Crippen MR) is 134 cm³/mol. The molecule has 202 valence electrons. The highest BCUT2D eigenvalue weighted by Crippen LogP contribution is 2.19. The monoisotopic (exact) mass is 518 g/mol. The van der Waals surface area contributed by atoms with Crippen LogP contribution in [0.1, 0.15) is 32.3 Å². The number of aliphatic hydroxyl groups is 1. The zero-order valence-electron chi connectivity index (χ0n) is 20.7. The Bertz CT molecular complexity index is 1130. The van der Waals surface area contributed by atoms with Crippen LogP contribution in [0.15, 0.2) is 30.5 Å². The van der Waals surface area contributed by atoms with E-state index in [1.165, 1.54) is 0 Å². The second-order valence-electron chi connectivity index (χ2n) is 9.17. The largest absolute Gasteiger partial charge is 0.480 e. The van der Waals surface area contributed by atoms with Crippen LogP contribution in [-0.2, 0) is 30.4 Å². The molecule has 0 aliphatic rings. The number of carboxylic acids is 1. The van der Waals surface area contributed by atoms with Crippen molar-refractivity contribution in [2.75, 3.05) is 6.61 Å². The second kappa shape index (κ2) is 13.4. The van der Waals surface area contributed by atoms with Crippen LogP contribution in [0.4, 0.5) is 0 Å². The lowest BCUT2D eigenvalue weighted by atomic mass is 10.0. The van der Waals surface area contributed by atoms with Gasteiger partial charge in [0.1, 0.15) is 18.1 Å². The van der Waals surface area contributed by atoms with E-state index < -0.39 is 66.8 Å². The van der Waals surface area contributed by atoms with Gasteiger partial charge >= 0.3 is 5.97 Å². The molecule has 13 heteroatoms. The average molecular weight is 519 g/mol. The first-order valence-corrected chi connectivity index (χ1v) is 11.8. The highest BCUT2D eigenvalue weighted by atomic mass is 16.4. The van der Waals surface area contributed by atoms with Crippen molar-refractivity contribution >= 4 is 40.5 Å². The molecule has 2 rings (SSSR count). The van der Waals surface area contributed by atoms with Gasteiger partial charge in [0, 0.05) is 23.5 Å². The number of primary amides is 1. The van der Waals surface area contributed by atoms with Crippen LogP contribution in [0.5, 0.6) is 0 Å². The van der Waals surface area contributed by atoms with Crippen molar-refractivity contribution in [3.63, 3.8) is 0 Å². The molecule has 0 saturated carbocycles. The predicted octanol–water partition coefficient (Wildman–Crippen LogP) is -1.51. The van der Waals surface area contributed by atoms with Gasteiger partial charge in [-0.1, -0.05) is 32.0 Å². The SMILES string of the molecule is CC(C)CC(N)C(=O)NC(CC(N)=O)C(=O)NC(Cc1c[nH]c2ccccc12)C(=O)NC(CO)C(=O)O. The van der Waals surface area contributed by atoms with Crippen molar-refractivity contribution in [3.05, 3.63) is 36.0 Å². The van der Waals surface area contributed by atoms with Crippen LogP contribution < -0.4 is 27.4 Å². The molecule has 0 bridgehead atoms. The minimum atomic E-state index is -1.61. The van der Waals surface area contributed by atoms with Gasteiger partial charge in [0.25, 0.3) is 0 Å². The topological polar surface area (TPSA) is 230 Å². The van der Waals surface area contributed by atoms with E-state index >= 15 is 0 Å². The Balaban J connectivity index is 2.30. The fourth-order valence-corrected chi connectivity index (χ4v) is 3.76. The highest BCUT2D eigenvalue weighted by molar-refractivity contribution is 5.96. The lowest BCUT2D eigenvalue weighted by Crippen LogP contribution is -2.58. The Hall–Kier alpha value is -3.97. The van der Waals surface area contributed by atoms with Crippen molar-refractivity contribution in [1.82, 2.24) is 20.9 Å². The number of nitrogens with one attached hydrogen (secondary N) is 4. The number of carbonyl (C=O) groups excluding carboxylic acids is 4. The molecule has 0 spiro atoms. The van der Waals surface area contributed by atoms with E-state index in [0.717, 1.165) is 10.9 Å². The molecule has 4 amide bonds. The Morgan fingerprint density at radius 1 is 0.946 bits per heavy atom. The number of para-hydroxylation sites is 1. The van der Waals surface area contributed by atoms with Crippen molar-refractivity contribution in [2.24, 2.45) is 17.4 Å². The second-order valence-corrected chi connectivity index (χ2v) is 9.17. The van der Waals surface area contributed by atoms with Gasteiger partial charge in [0.05, 0.1) is 19.1 Å². The minimum Gasteiger partial charge on any atom is -0.480 e. The van der Waals surface area contributed by atoms with Crippen LogP contribution in [0.3, 0.4) is 0 Å². The maximum absolute atomic E-state index is 13.1. The number of aromatic amines is 1. The van der Waals surface area contributed by atoms with E-state index in [-0.39, 0.29) is 12.3 Å². The number of carbonyl (C=O) groups is 5. The first kappa shape index (κ1) is 29.3. The molecule has 1 heterocycles. The van der Waals surface area contributed by atoms with Gasteiger partial charge in [-0.2, -0.15) is 0 Å². The third-order valence-electron chi connectivity index (χ3n) is 5.63. The van der Waals surface area contributed by atoms with Gasteiger partial charge in [-0.05, 0) is 24.0 Å². The van der Waals surface area contributed by atoms with Gasteiger partial charge in [-0.15, -0.1) is 0 Å². The quantitative estimate of drug-likeness (QED) is 0.146. The first-order chi connectivity index (χ1) is 17.4. The summed E-state index contributed by atoms with van der Waals surface area (Å²) in [6, 6.07) is 1.94. The Morgan fingerprint density at radius 3 is 2.14 bits per heavy atom. The molecule has 4 unspecified atom stereocenters. The van der Waals surface area contributed by atoms with Crippen LogP contribution in [-0.4, -0.2) is 75.6 Å². The molecule has 4 atom stereocenters. The van der Waals surface area contributed by atoms with Crippen LogP contribution in [0.25, 0.3) is 10.9 Å². The Labute approximate surface area is 213 Å². The average Bonchev–Trinajstić information content (AvgIpc) is 3.23. The molecule has 0 aliphatic heterocycles. The number of rotatable bonds is 14. The standard InChI is InChI=1S/C24H34N6O7/c1-12(2)7-15(25)21(33)28-18(9-20(26)32)23(35)29-17(22(34)30-19(11-31)24(36)37)8-13-10-27-16-6-4-3-5-14(13)16/h3-6,10,12,15,17-19,27,31H,7-9,11,25H2,1-2H3,(H2,26,32)(H,28,33)(H,29,35)(H,30,34)(H,36,37). The maximum Gasteiger partial charge on any atom is 0.328 e. The number of hydrogen-bond acceptors (Lipinski definition) is 7. The molecule has 0 fully saturated rings. The summed E-state index contributed by atoms with van der Waals surface area (Å²) >= 11 is 0. The van der Waals surface area contributed by atoms with Crippen LogP contribution >= 0.6 is 0 Å². The number of hydrogen-bond donors (Lipinski definition) is 8. The Kier molecular flexibility index (Phi) is 10.6. The summed E-state index contributed by atoms with van der Waals surface area (Å²) in [5.41, 5.74) is 12.6. The van der Waals surface area contributed by atoms with E-state index in [9.17, 15) is 34.2 Å². The zero-order valence-corrected chi connectivity index (χ0v) is 20.7. The van der Waals surface area contributed by atoms with E-state index in [2.05, 4.69) is 20.9 Å². The number of aliphatic hydroxyl groups excluding tert-OH is 1. The van der Waals surface area contributed by atoms with Gasteiger partial charge < -0.3 is 42.6 Å². The van der Waals surface area contributed by atoms with Gasteiger partial charge in [-0.25, -0.2) is 4.79 Å². The number of aromatic nitrogens is 1. The third-order valence-corrected chi connectivity index (χ3v) is 5.63. The fourth-order valence-electron chi connectivity index (χ4n) is 3.76. The summed E-state index contributed by atoms with van der Waals surface area (Å²) in [6.07, 6.45) is 1.36. The number of carboxylic acid groups (broad SMARTS) is 1. The fraction of sp³-hybridized carbons (Fsp3) is 0.458. The summed E-state index contributed by atoms with van der Waals surface area (Å²) in [5, 5.41) is 26.4. The third kappa shape index (κ3) is 8.58. The number of aliphatic carboxylic acids is 1. The molecule has 0 radical (unpaired) electrons. The maximum atomic E-state index is 13.1. The molecule has 37 heavy (non-hydrogen) atoms. The van der Waals surface area contributed by atoms with Gasteiger partial charge in [0.15, 0.2) is 0 Å². The van der Waals surface area contributed by atoms with Crippen LogP contribution in [0.2, 0.25) is 0 Å². The zero-order chi connectivity index (χ0) is 27.7. The summed E-state index contributed by atoms with van der Waals surface area (Å²) in [5.74, 6) is -4.69. The first-order valence-electron chi connectivity index (χ1n) is 11.8. The Morgan fingerprint density at radius 2 is 1.54 bits per heavy atom. The number of nitrogens with two attached hydrogens (primary N) is 2. The van der Waals surface area contributed by atoms with Crippen molar-refractivity contribution in [2.45, 2.75) is 57.3 Å². The van der Waals surface area contributed by atoms with E-state index in [4.69, 9.17) is 11.5 Å².